The van der Waals surface area contributed by atoms with Gasteiger partial charge in [-0.3, -0.25) is 5.32 Å². The molecule has 0 aliphatic heterocycles. The molecular formula is C28H24F3NO3. The van der Waals surface area contributed by atoms with E-state index in [0.29, 0.717) is 23.7 Å². The Morgan fingerprint density at radius 3 is 1.97 bits per heavy atom. The second kappa shape index (κ2) is 11.0. The molecule has 4 nitrogen and oxygen atoms in total. The quantitative estimate of drug-likeness (QED) is 0.258. The van der Waals surface area contributed by atoms with E-state index in [1.807, 2.05) is 60.7 Å². The molecule has 0 saturated heterocycles. The summed E-state index contributed by atoms with van der Waals surface area (Å²) in [4.78, 5) is 0. The molecule has 0 bridgehead atoms. The first-order valence-corrected chi connectivity index (χ1v) is 11.0. The van der Waals surface area contributed by atoms with Crippen molar-refractivity contribution in [2.24, 2.45) is 0 Å². The summed E-state index contributed by atoms with van der Waals surface area (Å²) in [6.07, 6.45) is -5.82. The lowest BCUT2D eigenvalue weighted by Gasteiger charge is -2.19. The summed E-state index contributed by atoms with van der Waals surface area (Å²) in [6.45, 7) is 0.589. The van der Waals surface area contributed by atoms with Gasteiger partial charge in [0.15, 0.2) is 0 Å². The zero-order valence-corrected chi connectivity index (χ0v) is 18.7. The molecule has 180 valence electrons. The summed E-state index contributed by atoms with van der Waals surface area (Å²) < 4.78 is 50.3. The number of anilines is 1. The van der Waals surface area contributed by atoms with Gasteiger partial charge in [-0.25, -0.2) is 0 Å². The van der Waals surface area contributed by atoms with Crippen molar-refractivity contribution in [1.82, 2.24) is 0 Å². The average Bonchev–Trinajstić information content (AvgIpc) is 2.86. The normalized spacial score (nSPS) is 12.1. The minimum absolute atomic E-state index is 0.169. The summed E-state index contributed by atoms with van der Waals surface area (Å²) in [6, 6.07) is 29.8. The second-order valence-electron chi connectivity index (χ2n) is 7.90. The van der Waals surface area contributed by atoms with E-state index in [9.17, 15) is 18.3 Å². The monoisotopic (exact) mass is 479 g/mol. The van der Waals surface area contributed by atoms with Gasteiger partial charge in [-0.1, -0.05) is 72.8 Å². The Morgan fingerprint density at radius 2 is 1.34 bits per heavy atom. The molecule has 4 rings (SSSR count). The molecule has 4 aromatic rings. The van der Waals surface area contributed by atoms with E-state index in [-0.39, 0.29) is 17.9 Å². The minimum atomic E-state index is -4.58. The van der Waals surface area contributed by atoms with Gasteiger partial charge < -0.3 is 14.6 Å². The lowest BCUT2D eigenvalue weighted by molar-refractivity contribution is -0.0999. The number of halogens is 3. The number of benzene rings is 4. The van der Waals surface area contributed by atoms with Crippen LogP contribution in [-0.2, 0) is 13.2 Å². The molecule has 35 heavy (non-hydrogen) atoms. The number of aliphatic hydroxyl groups excluding tert-OH is 1. The van der Waals surface area contributed by atoms with E-state index in [1.165, 1.54) is 23.5 Å². The Kier molecular flexibility index (Phi) is 7.57. The lowest BCUT2D eigenvalue weighted by atomic mass is 9.99. The van der Waals surface area contributed by atoms with Crippen molar-refractivity contribution < 1.29 is 27.8 Å². The topological polar surface area (TPSA) is 50.7 Å². The van der Waals surface area contributed by atoms with Gasteiger partial charge in [-0.15, -0.1) is 0 Å². The van der Waals surface area contributed by atoms with Crippen LogP contribution in [0, 0.1) is 0 Å². The Labute approximate surface area is 201 Å². The standard InChI is InChI=1S/C28H24F3NO3/c29-28(30,31)32-23-13-7-12-22(16-23)27(33)25-17-24(34-18-20-8-3-1-4-9-20)14-15-26(25)35-19-21-10-5-2-6-11-21/h1-17,27,32-33H,18-19H2. The van der Waals surface area contributed by atoms with E-state index in [0.717, 1.165) is 11.1 Å². The van der Waals surface area contributed by atoms with Gasteiger partial charge in [-0.05, 0) is 47.0 Å². The smallest absolute Gasteiger partial charge is 0.482 e. The fourth-order valence-corrected chi connectivity index (χ4v) is 3.57. The number of ether oxygens (including phenoxy) is 2. The molecule has 0 heterocycles. The Hall–Kier alpha value is -3.97. The molecule has 7 heteroatoms. The summed E-state index contributed by atoms with van der Waals surface area (Å²) in [7, 11) is 0. The predicted octanol–water partition coefficient (Wildman–Crippen LogP) is 6.86. The van der Waals surface area contributed by atoms with Crippen LogP contribution in [0.5, 0.6) is 11.5 Å². The first kappa shape index (κ1) is 24.2. The zero-order chi connectivity index (χ0) is 24.7. The Morgan fingerprint density at radius 1 is 0.714 bits per heavy atom. The van der Waals surface area contributed by atoms with Gasteiger partial charge in [-0.2, -0.15) is 13.2 Å². The highest BCUT2D eigenvalue weighted by molar-refractivity contribution is 5.51. The summed E-state index contributed by atoms with van der Waals surface area (Å²) >= 11 is 0. The number of hydrogen-bond acceptors (Lipinski definition) is 4. The lowest BCUT2D eigenvalue weighted by Crippen LogP contribution is -2.20. The SMILES string of the molecule is OC(c1cccc(NC(F)(F)F)c1)c1cc(OCc2ccccc2)ccc1OCc1ccccc1. The van der Waals surface area contributed by atoms with Gasteiger partial charge >= 0.3 is 6.30 Å². The number of hydrogen-bond donors (Lipinski definition) is 2. The largest absolute Gasteiger partial charge is 0.489 e. The third-order valence-corrected chi connectivity index (χ3v) is 5.25. The molecule has 4 aromatic carbocycles. The second-order valence-corrected chi connectivity index (χ2v) is 7.90. The Bertz CT molecular complexity index is 1230. The number of aliphatic hydroxyl groups is 1. The van der Waals surface area contributed by atoms with Gasteiger partial charge in [0.25, 0.3) is 0 Å². The van der Waals surface area contributed by atoms with E-state index in [1.54, 1.807) is 24.3 Å². The van der Waals surface area contributed by atoms with Gasteiger partial charge in [0.1, 0.15) is 30.8 Å². The predicted molar refractivity (Wildman–Crippen MR) is 128 cm³/mol. The van der Waals surface area contributed by atoms with E-state index in [2.05, 4.69) is 0 Å². The van der Waals surface area contributed by atoms with E-state index in [4.69, 9.17) is 9.47 Å². The van der Waals surface area contributed by atoms with E-state index >= 15 is 0 Å². The highest BCUT2D eigenvalue weighted by Crippen LogP contribution is 2.35. The highest BCUT2D eigenvalue weighted by atomic mass is 19.4. The maximum absolute atomic E-state index is 12.8. The summed E-state index contributed by atoms with van der Waals surface area (Å²) in [5.74, 6) is 0.905. The molecular weight excluding hydrogens is 455 g/mol. The van der Waals surface area contributed by atoms with Crippen LogP contribution < -0.4 is 14.8 Å². The molecule has 0 aromatic heterocycles. The fraction of sp³-hybridized carbons (Fsp3) is 0.143. The molecule has 0 aliphatic rings. The van der Waals surface area contributed by atoms with Crippen molar-refractivity contribution in [2.45, 2.75) is 25.6 Å². The molecule has 0 fully saturated rings. The Balaban J connectivity index is 1.61. The van der Waals surface area contributed by atoms with Crippen LogP contribution in [0.3, 0.4) is 0 Å². The number of nitrogens with one attached hydrogen (secondary N) is 1. The number of rotatable bonds is 9. The number of alkyl halides is 3. The van der Waals surface area contributed by atoms with Crippen LogP contribution in [0.2, 0.25) is 0 Å². The zero-order valence-electron chi connectivity index (χ0n) is 18.7. The summed E-state index contributed by atoms with van der Waals surface area (Å²) in [5.41, 5.74) is 2.41. The van der Waals surface area contributed by atoms with Crippen LogP contribution in [0.15, 0.2) is 103 Å². The highest BCUT2D eigenvalue weighted by Gasteiger charge is 2.27. The third-order valence-electron chi connectivity index (χ3n) is 5.25. The molecule has 1 unspecified atom stereocenters. The van der Waals surface area contributed by atoms with Gasteiger partial charge in [0.2, 0.25) is 0 Å². The molecule has 0 spiro atoms. The maximum atomic E-state index is 12.8. The van der Waals surface area contributed by atoms with Crippen molar-refractivity contribution in [2.75, 3.05) is 5.32 Å². The van der Waals surface area contributed by atoms with Gasteiger partial charge in [0, 0.05) is 11.3 Å². The molecule has 2 N–H and O–H groups in total. The first-order chi connectivity index (χ1) is 16.9. The van der Waals surface area contributed by atoms with E-state index < -0.39 is 12.4 Å². The first-order valence-electron chi connectivity index (χ1n) is 11.0. The minimum Gasteiger partial charge on any atom is -0.489 e. The van der Waals surface area contributed by atoms with Crippen molar-refractivity contribution in [3.8, 4) is 11.5 Å². The van der Waals surface area contributed by atoms with Crippen molar-refractivity contribution in [3.63, 3.8) is 0 Å². The molecule has 0 amide bonds. The molecule has 0 radical (unpaired) electrons. The van der Waals surface area contributed by atoms with Crippen LogP contribution in [0.4, 0.5) is 18.9 Å². The summed E-state index contributed by atoms with van der Waals surface area (Å²) in [5, 5.41) is 12.6. The third kappa shape index (κ3) is 7.01. The fourth-order valence-electron chi connectivity index (χ4n) is 3.57. The van der Waals surface area contributed by atoms with Crippen molar-refractivity contribution in [3.05, 3.63) is 125 Å². The average molecular weight is 479 g/mol. The molecule has 0 aliphatic carbocycles. The molecule has 0 saturated carbocycles. The van der Waals surface area contributed by atoms with Crippen molar-refractivity contribution >= 4 is 5.69 Å². The van der Waals surface area contributed by atoms with Crippen LogP contribution >= 0.6 is 0 Å². The van der Waals surface area contributed by atoms with Crippen LogP contribution in [0.1, 0.15) is 28.4 Å². The molecule has 1 atom stereocenters. The van der Waals surface area contributed by atoms with Gasteiger partial charge in [0.05, 0.1) is 0 Å². The maximum Gasteiger partial charge on any atom is 0.482 e. The van der Waals surface area contributed by atoms with Crippen molar-refractivity contribution in [1.29, 1.82) is 0 Å². The van der Waals surface area contributed by atoms with Crippen LogP contribution in [0.25, 0.3) is 0 Å². The van der Waals surface area contributed by atoms with Crippen LogP contribution in [-0.4, -0.2) is 11.4 Å².